The van der Waals surface area contributed by atoms with Crippen LogP contribution in [0.3, 0.4) is 0 Å². The molecule has 1 N–H and O–H groups in total. The van der Waals surface area contributed by atoms with Crippen LogP contribution < -0.4 is 5.32 Å². The lowest BCUT2D eigenvalue weighted by Crippen LogP contribution is -2.05. The lowest BCUT2D eigenvalue weighted by atomic mass is 9.96. The van der Waals surface area contributed by atoms with Crippen LogP contribution in [0.5, 0.6) is 0 Å². The van der Waals surface area contributed by atoms with E-state index in [9.17, 15) is 4.79 Å². The van der Waals surface area contributed by atoms with Gasteiger partial charge in [-0.3, -0.25) is 4.79 Å². The molecule has 1 aliphatic carbocycles. The number of carbonyl (C=O) groups is 1. The zero-order chi connectivity index (χ0) is 9.26. The molecule has 0 unspecified atom stereocenters. The molecule has 0 fully saturated rings. The zero-order valence-corrected chi connectivity index (χ0v) is 7.50. The van der Waals surface area contributed by atoms with Crippen LogP contribution in [0.1, 0.15) is 11.1 Å². The third-order valence-corrected chi connectivity index (χ3v) is 2.25. The Kier molecular flexibility index (Phi) is 1.89. The van der Waals surface area contributed by atoms with Crippen LogP contribution in [0, 0.1) is 0 Å². The van der Waals surface area contributed by atoms with Crippen LogP contribution in [0.15, 0.2) is 24.3 Å². The molecule has 0 saturated carbocycles. The first-order valence-corrected chi connectivity index (χ1v) is 4.31. The number of allylic oxidation sites excluding steroid dienone is 1. The highest BCUT2D eigenvalue weighted by atomic mass is 16.1. The number of carbonyl (C=O) groups excluding carboxylic acids is 1. The van der Waals surface area contributed by atoms with E-state index in [0.29, 0.717) is 6.42 Å². The smallest absolute Gasteiger partial charge is 0.160 e. The summed E-state index contributed by atoms with van der Waals surface area (Å²) in [7, 11) is 1.89. The molecule has 0 amide bonds. The number of hydrogen-bond donors (Lipinski definition) is 1. The van der Waals surface area contributed by atoms with E-state index in [2.05, 4.69) is 11.4 Å². The van der Waals surface area contributed by atoms with Gasteiger partial charge in [0.15, 0.2) is 5.78 Å². The molecule has 0 radical (unpaired) electrons. The van der Waals surface area contributed by atoms with Gasteiger partial charge < -0.3 is 5.32 Å². The Morgan fingerprint density at radius 3 is 2.92 bits per heavy atom. The molecule has 0 aliphatic heterocycles. The number of anilines is 1. The minimum absolute atomic E-state index is 0.185. The molecule has 0 atom stereocenters. The number of ketones is 1. The highest BCUT2D eigenvalue weighted by Crippen LogP contribution is 2.21. The molecule has 0 spiro atoms. The van der Waals surface area contributed by atoms with Crippen LogP contribution in [0.4, 0.5) is 5.69 Å². The van der Waals surface area contributed by atoms with Crippen molar-refractivity contribution in [2.45, 2.75) is 6.42 Å². The molecule has 1 aliphatic rings. The molecule has 0 aromatic heterocycles. The molecule has 66 valence electrons. The van der Waals surface area contributed by atoms with E-state index in [4.69, 9.17) is 0 Å². The third-order valence-electron chi connectivity index (χ3n) is 2.25. The van der Waals surface area contributed by atoms with Crippen molar-refractivity contribution >= 4 is 17.5 Å². The van der Waals surface area contributed by atoms with Crippen LogP contribution in [-0.4, -0.2) is 12.8 Å². The molecule has 13 heavy (non-hydrogen) atoms. The number of fused-ring (bicyclic) bond motifs is 1. The molecule has 0 heterocycles. The van der Waals surface area contributed by atoms with Gasteiger partial charge in [-0.05, 0) is 29.3 Å². The second-order valence-electron chi connectivity index (χ2n) is 3.14. The monoisotopic (exact) mass is 173 g/mol. The van der Waals surface area contributed by atoms with Crippen LogP contribution in [0.25, 0.3) is 6.08 Å². The SMILES string of the molecule is CNc1ccc2c(c1)C=CC(=O)C2. The molecular weight excluding hydrogens is 162 g/mol. The average molecular weight is 173 g/mol. The Labute approximate surface area is 77.3 Å². The molecule has 2 heteroatoms. The summed E-state index contributed by atoms with van der Waals surface area (Å²) in [5.41, 5.74) is 3.34. The Balaban J connectivity index is 2.45. The van der Waals surface area contributed by atoms with Gasteiger partial charge in [0, 0.05) is 19.2 Å². The summed E-state index contributed by atoms with van der Waals surface area (Å²) >= 11 is 0. The molecule has 0 bridgehead atoms. The lowest BCUT2D eigenvalue weighted by molar-refractivity contribution is -0.114. The summed E-state index contributed by atoms with van der Waals surface area (Å²) in [4.78, 5) is 11.1. The molecule has 2 nitrogen and oxygen atoms in total. The summed E-state index contributed by atoms with van der Waals surface area (Å²) < 4.78 is 0. The highest BCUT2D eigenvalue weighted by Gasteiger charge is 2.09. The van der Waals surface area contributed by atoms with Crippen LogP contribution in [-0.2, 0) is 11.2 Å². The first kappa shape index (κ1) is 8.05. The first-order chi connectivity index (χ1) is 6.29. The quantitative estimate of drug-likeness (QED) is 0.702. The van der Waals surface area contributed by atoms with E-state index < -0.39 is 0 Å². The fourth-order valence-corrected chi connectivity index (χ4v) is 1.50. The predicted molar refractivity (Wildman–Crippen MR) is 53.7 cm³/mol. The zero-order valence-electron chi connectivity index (χ0n) is 7.50. The molecule has 0 saturated heterocycles. The van der Waals surface area contributed by atoms with E-state index in [1.165, 1.54) is 0 Å². The largest absolute Gasteiger partial charge is 0.388 e. The van der Waals surface area contributed by atoms with Gasteiger partial charge in [0.2, 0.25) is 0 Å². The van der Waals surface area contributed by atoms with Gasteiger partial charge in [-0.2, -0.15) is 0 Å². The van der Waals surface area contributed by atoms with Crippen LogP contribution in [0.2, 0.25) is 0 Å². The highest BCUT2D eigenvalue weighted by molar-refractivity contribution is 5.98. The van der Waals surface area contributed by atoms with E-state index >= 15 is 0 Å². The van der Waals surface area contributed by atoms with Crippen molar-refractivity contribution in [1.29, 1.82) is 0 Å². The number of benzene rings is 1. The predicted octanol–water partition coefficient (Wildman–Crippen LogP) is 1.87. The van der Waals surface area contributed by atoms with Gasteiger partial charge in [-0.1, -0.05) is 12.1 Å². The van der Waals surface area contributed by atoms with Crippen molar-refractivity contribution in [2.24, 2.45) is 0 Å². The Morgan fingerprint density at radius 2 is 2.15 bits per heavy atom. The number of rotatable bonds is 1. The van der Waals surface area contributed by atoms with Gasteiger partial charge in [0.05, 0.1) is 0 Å². The van der Waals surface area contributed by atoms with Crippen molar-refractivity contribution in [3.63, 3.8) is 0 Å². The maximum Gasteiger partial charge on any atom is 0.160 e. The van der Waals surface area contributed by atoms with Gasteiger partial charge in [0.25, 0.3) is 0 Å². The normalized spacial score (nSPS) is 14.1. The summed E-state index contributed by atoms with van der Waals surface area (Å²) in [5, 5.41) is 3.07. The molecular formula is C11H11NO. The van der Waals surface area contributed by atoms with Gasteiger partial charge in [0.1, 0.15) is 0 Å². The topological polar surface area (TPSA) is 29.1 Å². The molecule has 1 aromatic carbocycles. The van der Waals surface area contributed by atoms with Crippen molar-refractivity contribution in [3.05, 3.63) is 35.4 Å². The number of hydrogen-bond acceptors (Lipinski definition) is 2. The van der Waals surface area contributed by atoms with E-state index in [1.54, 1.807) is 6.08 Å². The molecule has 2 rings (SSSR count). The fraction of sp³-hybridized carbons (Fsp3) is 0.182. The minimum Gasteiger partial charge on any atom is -0.388 e. The fourth-order valence-electron chi connectivity index (χ4n) is 1.50. The summed E-state index contributed by atoms with van der Waals surface area (Å²) in [6.45, 7) is 0. The molecule has 1 aromatic rings. The van der Waals surface area contributed by atoms with Crippen molar-refractivity contribution < 1.29 is 4.79 Å². The minimum atomic E-state index is 0.185. The van der Waals surface area contributed by atoms with E-state index in [0.717, 1.165) is 16.8 Å². The van der Waals surface area contributed by atoms with Gasteiger partial charge in [-0.25, -0.2) is 0 Å². The summed E-state index contributed by atoms with van der Waals surface area (Å²) in [6, 6.07) is 6.05. The maximum atomic E-state index is 11.1. The first-order valence-electron chi connectivity index (χ1n) is 4.31. The lowest BCUT2D eigenvalue weighted by Gasteiger charge is -2.10. The Morgan fingerprint density at radius 1 is 1.31 bits per heavy atom. The standard InChI is InChI=1S/C11H11NO/c1-12-10-4-2-9-7-11(13)5-3-8(9)6-10/h2-6,12H,7H2,1H3. The second-order valence-corrected chi connectivity index (χ2v) is 3.14. The van der Waals surface area contributed by atoms with Crippen LogP contribution >= 0.6 is 0 Å². The van der Waals surface area contributed by atoms with E-state index in [1.807, 2.05) is 25.3 Å². The third kappa shape index (κ3) is 1.47. The number of nitrogens with one attached hydrogen (secondary N) is 1. The van der Waals surface area contributed by atoms with Crippen molar-refractivity contribution in [2.75, 3.05) is 12.4 Å². The Bertz CT molecular complexity index is 380. The summed E-state index contributed by atoms with van der Waals surface area (Å²) in [6.07, 6.45) is 4.06. The average Bonchev–Trinajstić information content (AvgIpc) is 2.17. The Hall–Kier alpha value is -1.57. The van der Waals surface area contributed by atoms with Crippen molar-refractivity contribution in [1.82, 2.24) is 0 Å². The summed E-state index contributed by atoms with van der Waals surface area (Å²) in [5.74, 6) is 0.185. The maximum absolute atomic E-state index is 11.1. The second kappa shape index (κ2) is 3.05. The van der Waals surface area contributed by atoms with Gasteiger partial charge in [-0.15, -0.1) is 0 Å². The van der Waals surface area contributed by atoms with Gasteiger partial charge >= 0.3 is 0 Å². The van der Waals surface area contributed by atoms with E-state index in [-0.39, 0.29) is 5.78 Å². The van der Waals surface area contributed by atoms with Crippen molar-refractivity contribution in [3.8, 4) is 0 Å².